The minimum atomic E-state index is 0.547. The number of benzene rings is 1. The van der Waals surface area contributed by atoms with Crippen LogP contribution in [-0.2, 0) is 0 Å². The standard InChI is InChI=1S/C15H16N2O3/c1-10(12-6-5-7-16-17-12)11-8-13(18-2)15(20-4)14(9-11)19-3/h5-9H,1H2,2-4H3. The Hall–Kier alpha value is -2.56. The van der Waals surface area contributed by atoms with E-state index in [0.29, 0.717) is 22.9 Å². The van der Waals surface area contributed by atoms with Gasteiger partial charge in [0.05, 0.1) is 27.0 Å². The van der Waals surface area contributed by atoms with Crippen LogP contribution in [0.25, 0.3) is 5.57 Å². The Morgan fingerprint density at radius 3 is 2.15 bits per heavy atom. The largest absolute Gasteiger partial charge is 0.493 e. The van der Waals surface area contributed by atoms with Crippen LogP contribution in [-0.4, -0.2) is 31.5 Å². The lowest BCUT2D eigenvalue weighted by atomic mass is 10.0. The summed E-state index contributed by atoms with van der Waals surface area (Å²) in [6.45, 7) is 4.05. The highest BCUT2D eigenvalue weighted by molar-refractivity contribution is 5.78. The highest BCUT2D eigenvalue weighted by Crippen LogP contribution is 2.40. The van der Waals surface area contributed by atoms with Crippen LogP contribution >= 0.6 is 0 Å². The zero-order valence-electron chi connectivity index (χ0n) is 11.7. The van der Waals surface area contributed by atoms with E-state index in [9.17, 15) is 0 Å². The van der Waals surface area contributed by atoms with E-state index in [0.717, 1.165) is 11.1 Å². The molecule has 104 valence electrons. The Kier molecular flexibility index (Phi) is 4.20. The highest BCUT2D eigenvalue weighted by Gasteiger charge is 2.15. The third kappa shape index (κ3) is 2.56. The van der Waals surface area contributed by atoms with Gasteiger partial charge in [0.2, 0.25) is 5.75 Å². The van der Waals surface area contributed by atoms with E-state index in [1.165, 1.54) is 0 Å². The van der Waals surface area contributed by atoms with Crippen molar-refractivity contribution in [3.05, 3.63) is 48.3 Å². The molecule has 0 atom stereocenters. The molecule has 0 amide bonds. The summed E-state index contributed by atoms with van der Waals surface area (Å²) in [5, 5.41) is 7.90. The van der Waals surface area contributed by atoms with Crippen LogP contribution in [0.5, 0.6) is 17.2 Å². The first kappa shape index (κ1) is 13.9. The van der Waals surface area contributed by atoms with Crippen molar-refractivity contribution >= 4 is 5.57 Å². The molecule has 0 saturated carbocycles. The lowest BCUT2D eigenvalue weighted by molar-refractivity contribution is 0.324. The van der Waals surface area contributed by atoms with Crippen molar-refractivity contribution in [3.63, 3.8) is 0 Å². The van der Waals surface area contributed by atoms with Crippen LogP contribution < -0.4 is 14.2 Å². The second-order valence-electron chi connectivity index (χ2n) is 4.00. The van der Waals surface area contributed by atoms with E-state index >= 15 is 0 Å². The van der Waals surface area contributed by atoms with Crippen molar-refractivity contribution in [3.8, 4) is 17.2 Å². The van der Waals surface area contributed by atoms with Gasteiger partial charge in [-0.1, -0.05) is 6.58 Å². The van der Waals surface area contributed by atoms with Crippen LogP contribution in [0.15, 0.2) is 37.0 Å². The molecule has 0 fully saturated rings. The first-order valence-electron chi connectivity index (χ1n) is 5.98. The van der Waals surface area contributed by atoms with E-state index in [1.54, 1.807) is 27.5 Å². The fraction of sp³-hybridized carbons (Fsp3) is 0.200. The number of aromatic nitrogens is 2. The second-order valence-corrected chi connectivity index (χ2v) is 4.00. The molecule has 5 heteroatoms. The summed E-state index contributed by atoms with van der Waals surface area (Å²) in [6.07, 6.45) is 1.62. The lowest BCUT2D eigenvalue weighted by Crippen LogP contribution is -1.98. The van der Waals surface area contributed by atoms with Gasteiger partial charge in [-0.2, -0.15) is 10.2 Å². The molecule has 0 aliphatic carbocycles. The van der Waals surface area contributed by atoms with Crippen molar-refractivity contribution in [2.45, 2.75) is 0 Å². The summed E-state index contributed by atoms with van der Waals surface area (Å²) in [7, 11) is 4.72. The van der Waals surface area contributed by atoms with Crippen LogP contribution in [0.4, 0.5) is 0 Å². The van der Waals surface area contributed by atoms with E-state index in [2.05, 4.69) is 16.8 Å². The molecule has 0 N–H and O–H groups in total. The van der Waals surface area contributed by atoms with Gasteiger partial charge in [0.1, 0.15) is 0 Å². The summed E-state index contributed by atoms with van der Waals surface area (Å²) >= 11 is 0. The molecule has 0 saturated heterocycles. The van der Waals surface area contributed by atoms with Gasteiger partial charge < -0.3 is 14.2 Å². The molecular formula is C15H16N2O3. The molecular weight excluding hydrogens is 256 g/mol. The van der Waals surface area contributed by atoms with E-state index in [4.69, 9.17) is 14.2 Å². The van der Waals surface area contributed by atoms with Gasteiger partial charge in [-0.05, 0) is 29.8 Å². The molecule has 2 rings (SSSR count). The Labute approximate surface area is 117 Å². The van der Waals surface area contributed by atoms with Crippen LogP contribution in [0.3, 0.4) is 0 Å². The molecule has 1 aromatic heterocycles. The summed E-state index contributed by atoms with van der Waals surface area (Å²) in [6, 6.07) is 7.32. The highest BCUT2D eigenvalue weighted by atomic mass is 16.5. The molecule has 0 unspecified atom stereocenters. The molecule has 0 spiro atoms. The van der Waals surface area contributed by atoms with E-state index in [-0.39, 0.29) is 0 Å². The first-order chi connectivity index (χ1) is 9.71. The fourth-order valence-corrected chi connectivity index (χ4v) is 1.87. The Morgan fingerprint density at radius 2 is 1.70 bits per heavy atom. The topological polar surface area (TPSA) is 53.5 Å². The maximum absolute atomic E-state index is 5.32. The normalized spacial score (nSPS) is 9.95. The third-order valence-electron chi connectivity index (χ3n) is 2.89. The second kappa shape index (κ2) is 6.06. The Bertz CT molecular complexity index is 587. The molecule has 0 bridgehead atoms. The van der Waals surface area contributed by atoms with Crippen LogP contribution in [0.1, 0.15) is 11.3 Å². The van der Waals surface area contributed by atoms with Gasteiger partial charge in [0.25, 0.3) is 0 Å². The van der Waals surface area contributed by atoms with Gasteiger partial charge >= 0.3 is 0 Å². The average Bonchev–Trinajstić information content (AvgIpc) is 2.53. The predicted molar refractivity (Wildman–Crippen MR) is 76.3 cm³/mol. The molecule has 20 heavy (non-hydrogen) atoms. The Balaban J connectivity index is 2.50. The number of methoxy groups -OCH3 is 3. The maximum Gasteiger partial charge on any atom is 0.203 e. The molecule has 0 aliphatic heterocycles. The van der Waals surface area contributed by atoms with Gasteiger partial charge in [-0.25, -0.2) is 0 Å². The minimum absolute atomic E-state index is 0.547. The van der Waals surface area contributed by atoms with Crippen LogP contribution in [0.2, 0.25) is 0 Å². The van der Waals surface area contributed by atoms with Crippen molar-refractivity contribution in [2.24, 2.45) is 0 Å². The molecule has 2 aromatic rings. The number of hydrogen-bond acceptors (Lipinski definition) is 5. The maximum atomic E-state index is 5.32. The smallest absolute Gasteiger partial charge is 0.203 e. The van der Waals surface area contributed by atoms with Crippen LogP contribution in [0, 0.1) is 0 Å². The molecule has 5 nitrogen and oxygen atoms in total. The third-order valence-corrected chi connectivity index (χ3v) is 2.89. The molecule has 0 aliphatic rings. The SMILES string of the molecule is C=C(c1cc(OC)c(OC)c(OC)c1)c1cccnn1. The predicted octanol–water partition coefficient (Wildman–Crippen LogP) is 2.56. The number of nitrogens with zero attached hydrogens (tertiary/aromatic N) is 2. The van der Waals surface area contributed by atoms with Gasteiger partial charge in [0, 0.05) is 11.8 Å². The summed E-state index contributed by atoms with van der Waals surface area (Å²) in [4.78, 5) is 0. The van der Waals surface area contributed by atoms with E-state index < -0.39 is 0 Å². The Morgan fingerprint density at radius 1 is 1.05 bits per heavy atom. The minimum Gasteiger partial charge on any atom is -0.493 e. The zero-order chi connectivity index (χ0) is 14.5. The number of ether oxygens (including phenoxy) is 3. The van der Waals surface area contributed by atoms with Gasteiger partial charge in [-0.15, -0.1) is 0 Å². The molecule has 1 heterocycles. The zero-order valence-corrected chi connectivity index (χ0v) is 11.7. The summed E-state index contributed by atoms with van der Waals surface area (Å²) in [5.41, 5.74) is 2.26. The molecule has 1 aromatic carbocycles. The lowest BCUT2D eigenvalue weighted by Gasteiger charge is -2.14. The van der Waals surface area contributed by atoms with Gasteiger partial charge in [0.15, 0.2) is 11.5 Å². The number of hydrogen-bond donors (Lipinski definition) is 0. The molecule has 0 radical (unpaired) electrons. The fourth-order valence-electron chi connectivity index (χ4n) is 1.87. The monoisotopic (exact) mass is 272 g/mol. The van der Waals surface area contributed by atoms with Crippen molar-refractivity contribution < 1.29 is 14.2 Å². The number of rotatable bonds is 5. The summed E-state index contributed by atoms with van der Waals surface area (Å²) < 4.78 is 15.9. The van der Waals surface area contributed by atoms with Gasteiger partial charge in [-0.3, -0.25) is 0 Å². The van der Waals surface area contributed by atoms with Crippen molar-refractivity contribution in [2.75, 3.05) is 21.3 Å². The quantitative estimate of drug-likeness (QED) is 0.837. The first-order valence-corrected chi connectivity index (χ1v) is 5.98. The average molecular weight is 272 g/mol. The summed E-state index contributed by atoms with van der Waals surface area (Å²) in [5.74, 6) is 1.70. The van der Waals surface area contributed by atoms with Crippen molar-refractivity contribution in [1.29, 1.82) is 0 Å². The van der Waals surface area contributed by atoms with E-state index in [1.807, 2.05) is 24.3 Å². The van der Waals surface area contributed by atoms with Crippen molar-refractivity contribution in [1.82, 2.24) is 10.2 Å².